The zero-order valence-electron chi connectivity index (χ0n) is 8.48. The first-order chi connectivity index (χ1) is 6.66. The molecule has 4 nitrogen and oxygen atoms in total. The average Bonchev–Trinajstić information content (AvgIpc) is 2.15. The molecule has 0 radical (unpaired) electrons. The molecule has 82 valence electrons. The lowest BCUT2D eigenvalue weighted by Gasteiger charge is -2.06. The molecule has 0 saturated carbocycles. The van der Waals surface area contributed by atoms with E-state index in [0.717, 1.165) is 32.1 Å². The summed E-state index contributed by atoms with van der Waals surface area (Å²) in [7, 11) is 0. The van der Waals surface area contributed by atoms with Crippen LogP contribution in [0, 0.1) is 0 Å². The predicted molar refractivity (Wildman–Crippen MR) is 56.9 cm³/mol. The van der Waals surface area contributed by atoms with Gasteiger partial charge in [-0.3, -0.25) is 0 Å². The number of rotatable bonds is 8. The van der Waals surface area contributed by atoms with E-state index in [2.05, 4.69) is 0 Å². The maximum Gasteiger partial charge on any atom is 0.327 e. The lowest BCUT2D eigenvalue weighted by molar-refractivity contribution is -0.131. The Morgan fingerprint density at radius 2 is 2.07 bits per heavy atom. The number of unbranched alkanes of at least 4 members (excludes halogenated alkanes) is 3. The minimum atomic E-state index is -0.879. The topological polar surface area (TPSA) is 89.3 Å². The normalized spacial score (nSPS) is 13.3. The van der Waals surface area contributed by atoms with Gasteiger partial charge < -0.3 is 16.6 Å². The zero-order chi connectivity index (χ0) is 10.8. The summed E-state index contributed by atoms with van der Waals surface area (Å²) < 4.78 is 0. The van der Waals surface area contributed by atoms with E-state index in [9.17, 15) is 4.79 Å². The highest BCUT2D eigenvalue weighted by atomic mass is 16.4. The molecule has 0 aliphatic rings. The van der Waals surface area contributed by atoms with Crippen molar-refractivity contribution in [3.05, 3.63) is 12.2 Å². The van der Waals surface area contributed by atoms with E-state index in [4.69, 9.17) is 16.6 Å². The summed E-state index contributed by atoms with van der Waals surface area (Å²) in [5.74, 6) is -0.879. The fourth-order valence-corrected chi connectivity index (χ4v) is 1.15. The van der Waals surface area contributed by atoms with Crippen LogP contribution in [0.5, 0.6) is 0 Å². The van der Waals surface area contributed by atoms with E-state index in [-0.39, 0.29) is 6.04 Å². The van der Waals surface area contributed by atoms with Gasteiger partial charge >= 0.3 is 5.97 Å². The Morgan fingerprint density at radius 3 is 2.64 bits per heavy atom. The van der Waals surface area contributed by atoms with Gasteiger partial charge in [-0.25, -0.2) is 4.79 Å². The number of hydrogen-bond donors (Lipinski definition) is 3. The first kappa shape index (κ1) is 13.1. The zero-order valence-corrected chi connectivity index (χ0v) is 8.48. The molecule has 0 heterocycles. The molecule has 0 rings (SSSR count). The minimum Gasteiger partial charge on any atom is -0.478 e. The van der Waals surface area contributed by atoms with Crippen LogP contribution in [-0.4, -0.2) is 23.7 Å². The van der Waals surface area contributed by atoms with Crippen LogP contribution >= 0.6 is 0 Å². The summed E-state index contributed by atoms with van der Waals surface area (Å²) >= 11 is 0. The molecule has 0 aliphatic carbocycles. The molecule has 0 amide bonds. The summed E-state index contributed by atoms with van der Waals surface area (Å²) in [5, 5.41) is 8.30. The fourth-order valence-electron chi connectivity index (χ4n) is 1.15. The minimum absolute atomic E-state index is 0.115. The third-order valence-electron chi connectivity index (χ3n) is 2.01. The lowest BCUT2D eigenvalue weighted by Crippen LogP contribution is -2.29. The first-order valence-corrected chi connectivity index (χ1v) is 5.02. The Labute approximate surface area is 85.0 Å². The summed E-state index contributed by atoms with van der Waals surface area (Å²) in [5.41, 5.74) is 11.0. The van der Waals surface area contributed by atoms with Crippen LogP contribution in [0.3, 0.4) is 0 Å². The molecular weight excluding hydrogens is 180 g/mol. The third-order valence-corrected chi connectivity index (χ3v) is 2.01. The monoisotopic (exact) mass is 200 g/mol. The molecule has 1 atom stereocenters. The van der Waals surface area contributed by atoms with Crippen molar-refractivity contribution in [1.29, 1.82) is 0 Å². The van der Waals surface area contributed by atoms with Crippen molar-refractivity contribution in [3.63, 3.8) is 0 Å². The molecule has 0 aromatic carbocycles. The molecule has 0 fully saturated rings. The van der Waals surface area contributed by atoms with Crippen molar-refractivity contribution >= 4 is 5.97 Å². The number of nitrogens with two attached hydrogens (primary N) is 2. The van der Waals surface area contributed by atoms with Crippen LogP contribution in [-0.2, 0) is 4.79 Å². The van der Waals surface area contributed by atoms with E-state index in [0.29, 0.717) is 6.54 Å². The van der Waals surface area contributed by atoms with E-state index in [1.165, 1.54) is 6.08 Å². The Balaban J connectivity index is 3.18. The van der Waals surface area contributed by atoms with Crippen molar-refractivity contribution < 1.29 is 9.90 Å². The van der Waals surface area contributed by atoms with Crippen LogP contribution in [0.1, 0.15) is 32.1 Å². The Hall–Kier alpha value is -0.870. The van der Waals surface area contributed by atoms with E-state index in [1.54, 1.807) is 6.08 Å². The van der Waals surface area contributed by atoms with Gasteiger partial charge in [0.2, 0.25) is 0 Å². The number of allylic oxidation sites excluding steroid dienone is 1. The Morgan fingerprint density at radius 1 is 1.36 bits per heavy atom. The van der Waals surface area contributed by atoms with Gasteiger partial charge in [-0.15, -0.1) is 0 Å². The summed E-state index contributed by atoms with van der Waals surface area (Å²) in [6, 6.07) is 0.115. The van der Waals surface area contributed by atoms with Crippen molar-refractivity contribution in [2.24, 2.45) is 11.5 Å². The molecule has 0 aliphatic heterocycles. The van der Waals surface area contributed by atoms with Gasteiger partial charge in [0.1, 0.15) is 0 Å². The van der Waals surface area contributed by atoms with Gasteiger partial charge in [-0.1, -0.05) is 18.9 Å². The van der Waals surface area contributed by atoms with Crippen molar-refractivity contribution in [2.75, 3.05) is 6.54 Å². The van der Waals surface area contributed by atoms with Crippen molar-refractivity contribution in [2.45, 2.75) is 38.1 Å². The van der Waals surface area contributed by atoms with Gasteiger partial charge in [-0.2, -0.15) is 0 Å². The first-order valence-electron chi connectivity index (χ1n) is 5.02. The second kappa shape index (κ2) is 8.72. The summed E-state index contributed by atoms with van der Waals surface area (Å²) in [4.78, 5) is 10.1. The van der Waals surface area contributed by atoms with Crippen LogP contribution in [0.4, 0.5) is 0 Å². The number of carbonyl (C=O) groups is 1. The number of carboxylic acids is 1. The quantitative estimate of drug-likeness (QED) is 0.400. The van der Waals surface area contributed by atoms with Gasteiger partial charge in [0.05, 0.1) is 0 Å². The molecule has 14 heavy (non-hydrogen) atoms. The molecule has 4 heteroatoms. The predicted octanol–water partition coefficient (Wildman–Crippen LogP) is 0.864. The van der Waals surface area contributed by atoms with E-state index >= 15 is 0 Å². The number of aliphatic carboxylic acids is 1. The molecule has 0 aromatic heterocycles. The third kappa shape index (κ3) is 9.22. The fraction of sp³-hybridized carbons (Fsp3) is 0.700. The lowest BCUT2D eigenvalue weighted by atomic mass is 10.1. The standard InChI is InChI=1S/C10H20N2O2/c11-8-9(12)6-4-2-1-3-5-7-10(13)14/h5,7,9H,1-4,6,8,11-12H2,(H,13,14)/b7-5+/t9-/m1/s1. The van der Waals surface area contributed by atoms with Gasteiger partial charge in [0.15, 0.2) is 0 Å². The molecule has 0 unspecified atom stereocenters. The average molecular weight is 200 g/mol. The Bertz CT molecular complexity index is 181. The van der Waals surface area contributed by atoms with Crippen LogP contribution in [0.15, 0.2) is 12.2 Å². The smallest absolute Gasteiger partial charge is 0.327 e. The highest BCUT2D eigenvalue weighted by Crippen LogP contribution is 2.04. The van der Waals surface area contributed by atoms with Crippen LogP contribution in [0.2, 0.25) is 0 Å². The molecule has 0 bridgehead atoms. The van der Waals surface area contributed by atoms with E-state index in [1.807, 2.05) is 0 Å². The maximum absolute atomic E-state index is 10.1. The summed E-state index contributed by atoms with van der Waals surface area (Å²) in [6.07, 6.45) is 7.82. The molecule has 0 spiro atoms. The SMILES string of the molecule is NC[C@H](N)CCCCC/C=C/C(=O)O. The largest absolute Gasteiger partial charge is 0.478 e. The van der Waals surface area contributed by atoms with Crippen molar-refractivity contribution in [3.8, 4) is 0 Å². The number of carboxylic acid groups (broad SMARTS) is 1. The van der Waals surface area contributed by atoms with Gasteiger partial charge in [0, 0.05) is 18.7 Å². The second-order valence-electron chi connectivity index (χ2n) is 3.37. The molecular formula is C10H20N2O2. The number of hydrogen-bond acceptors (Lipinski definition) is 3. The van der Waals surface area contributed by atoms with Crippen LogP contribution in [0.25, 0.3) is 0 Å². The molecule has 5 N–H and O–H groups in total. The highest BCUT2D eigenvalue weighted by Gasteiger charge is 1.97. The second-order valence-corrected chi connectivity index (χ2v) is 3.37. The van der Waals surface area contributed by atoms with Gasteiger partial charge in [0.25, 0.3) is 0 Å². The van der Waals surface area contributed by atoms with E-state index < -0.39 is 5.97 Å². The maximum atomic E-state index is 10.1. The molecule has 0 saturated heterocycles. The van der Waals surface area contributed by atoms with Gasteiger partial charge in [-0.05, 0) is 19.3 Å². The van der Waals surface area contributed by atoms with Crippen LogP contribution < -0.4 is 11.5 Å². The Kier molecular flexibility index (Phi) is 8.17. The van der Waals surface area contributed by atoms with Crippen molar-refractivity contribution in [1.82, 2.24) is 0 Å². The summed E-state index contributed by atoms with van der Waals surface area (Å²) in [6.45, 7) is 0.541. The highest BCUT2D eigenvalue weighted by molar-refractivity contribution is 5.79. The molecule has 0 aromatic rings.